The number of esters is 1. The molecule has 1 atom stereocenters. The van der Waals surface area contributed by atoms with Crippen LogP contribution in [-0.4, -0.2) is 32.2 Å². The molecule has 3 aromatic rings. The van der Waals surface area contributed by atoms with Crippen LogP contribution in [0.1, 0.15) is 46.9 Å². The zero-order valence-corrected chi connectivity index (χ0v) is 20.1. The van der Waals surface area contributed by atoms with Gasteiger partial charge in [-0.1, -0.05) is 23.7 Å². The van der Waals surface area contributed by atoms with Crippen molar-refractivity contribution in [2.45, 2.75) is 26.3 Å². The van der Waals surface area contributed by atoms with Crippen molar-refractivity contribution in [3.05, 3.63) is 87.9 Å². The molecule has 0 saturated heterocycles. The summed E-state index contributed by atoms with van der Waals surface area (Å²) in [4.78, 5) is 27.1. The van der Waals surface area contributed by atoms with Gasteiger partial charge in [0.25, 0.3) is 0 Å². The van der Waals surface area contributed by atoms with E-state index in [1.165, 1.54) is 7.11 Å². The number of methoxy groups -OCH3 is 1. The Kier molecular flexibility index (Phi) is 7.08. The molecule has 6 nitrogen and oxygen atoms in total. The molecule has 1 amide bonds. The van der Waals surface area contributed by atoms with Gasteiger partial charge in [-0.15, -0.1) is 0 Å². The van der Waals surface area contributed by atoms with Gasteiger partial charge in [-0.2, -0.15) is 0 Å². The number of halogens is 1. The molecule has 0 unspecified atom stereocenters. The first kappa shape index (κ1) is 23.6. The average molecular weight is 480 g/mol. The fourth-order valence-electron chi connectivity index (χ4n) is 4.24. The Morgan fingerprint density at radius 3 is 2.18 bits per heavy atom. The molecular formula is C27H26ClNO5. The van der Waals surface area contributed by atoms with E-state index >= 15 is 0 Å². The van der Waals surface area contributed by atoms with Gasteiger partial charge in [-0.3, -0.25) is 4.79 Å². The van der Waals surface area contributed by atoms with Gasteiger partial charge >= 0.3 is 5.97 Å². The van der Waals surface area contributed by atoms with Gasteiger partial charge in [-0.25, -0.2) is 4.79 Å². The molecule has 0 saturated carbocycles. The second-order valence-electron chi connectivity index (χ2n) is 7.80. The van der Waals surface area contributed by atoms with E-state index in [0.717, 1.165) is 16.7 Å². The Morgan fingerprint density at radius 2 is 1.59 bits per heavy atom. The molecule has 1 heterocycles. The normalized spacial score (nSPS) is 15.0. The van der Waals surface area contributed by atoms with Gasteiger partial charge in [0.2, 0.25) is 5.91 Å². The largest absolute Gasteiger partial charge is 0.490 e. The highest BCUT2D eigenvalue weighted by Crippen LogP contribution is 2.43. The molecule has 0 aromatic heterocycles. The van der Waals surface area contributed by atoms with Crippen LogP contribution in [0.2, 0.25) is 5.02 Å². The molecule has 4 rings (SSSR count). The van der Waals surface area contributed by atoms with Crippen LogP contribution in [0.4, 0.5) is 5.69 Å². The number of hydrogen-bond acceptors (Lipinski definition) is 5. The Balaban J connectivity index is 1.87. The number of hydrogen-bond donors (Lipinski definition) is 0. The number of benzene rings is 3. The minimum Gasteiger partial charge on any atom is -0.490 e. The third-order valence-electron chi connectivity index (χ3n) is 5.72. The highest BCUT2D eigenvalue weighted by Gasteiger charge is 2.36. The van der Waals surface area contributed by atoms with Crippen LogP contribution in [0.5, 0.6) is 11.5 Å². The van der Waals surface area contributed by atoms with Gasteiger partial charge in [0.15, 0.2) is 11.5 Å². The van der Waals surface area contributed by atoms with E-state index in [0.29, 0.717) is 41.0 Å². The quantitative estimate of drug-likeness (QED) is 0.412. The van der Waals surface area contributed by atoms with E-state index in [-0.39, 0.29) is 12.3 Å². The third-order valence-corrected chi connectivity index (χ3v) is 5.97. The topological polar surface area (TPSA) is 65.1 Å². The first-order valence-corrected chi connectivity index (χ1v) is 11.5. The highest BCUT2D eigenvalue weighted by atomic mass is 35.5. The van der Waals surface area contributed by atoms with Crippen molar-refractivity contribution >= 4 is 29.2 Å². The molecule has 3 aromatic carbocycles. The summed E-state index contributed by atoms with van der Waals surface area (Å²) in [5.41, 5.74) is 3.83. The summed E-state index contributed by atoms with van der Waals surface area (Å²) in [5.74, 6) is 0.768. The molecule has 0 radical (unpaired) electrons. The van der Waals surface area contributed by atoms with Gasteiger partial charge < -0.3 is 19.1 Å². The van der Waals surface area contributed by atoms with Gasteiger partial charge in [0.1, 0.15) is 0 Å². The number of anilines is 1. The van der Waals surface area contributed by atoms with Crippen LogP contribution in [0, 0.1) is 0 Å². The van der Waals surface area contributed by atoms with Gasteiger partial charge in [-0.05, 0) is 79.1 Å². The Hall–Kier alpha value is -3.51. The van der Waals surface area contributed by atoms with Crippen molar-refractivity contribution < 1.29 is 23.8 Å². The van der Waals surface area contributed by atoms with Crippen molar-refractivity contribution in [2.75, 3.05) is 25.2 Å². The van der Waals surface area contributed by atoms with Crippen molar-refractivity contribution in [3.8, 4) is 11.5 Å². The maximum absolute atomic E-state index is 13.5. The number of carbonyl (C=O) groups is 2. The van der Waals surface area contributed by atoms with E-state index in [9.17, 15) is 9.59 Å². The first-order chi connectivity index (χ1) is 16.5. The van der Waals surface area contributed by atoms with E-state index in [1.54, 1.807) is 29.2 Å². The number of ether oxygens (including phenoxy) is 3. The lowest BCUT2D eigenvalue weighted by atomic mass is 9.86. The van der Waals surface area contributed by atoms with Crippen LogP contribution in [0.25, 0.3) is 0 Å². The summed E-state index contributed by atoms with van der Waals surface area (Å²) in [6, 6.07) is 17.8. The summed E-state index contributed by atoms with van der Waals surface area (Å²) in [7, 11) is 1.34. The van der Waals surface area contributed by atoms with E-state index in [2.05, 4.69) is 0 Å². The molecule has 0 spiro atoms. The second kappa shape index (κ2) is 10.2. The van der Waals surface area contributed by atoms with Crippen molar-refractivity contribution in [2.24, 2.45) is 0 Å². The lowest BCUT2D eigenvalue weighted by Crippen LogP contribution is -2.41. The van der Waals surface area contributed by atoms with Crippen molar-refractivity contribution in [1.82, 2.24) is 0 Å². The summed E-state index contributed by atoms with van der Waals surface area (Å²) in [6.45, 7) is 4.81. The molecule has 0 fully saturated rings. The molecule has 7 heteroatoms. The smallest absolute Gasteiger partial charge is 0.337 e. The monoisotopic (exact) mass is 479 g/mol. The Bertz CT molecular complexity index is 1190. The second-order valence-corrected chi connectivity index (χ2v) is 8.23. The lowest BCUT2D eigenvalue weighted by Gasteiger charge is -2.38. The maximum Gasteiger partial charge on any atom is 0.337 e. The van der Waals surface area contributed by atoms with E-state index < -0.39 is 12.0 Å². The molecular weight excluding hydrogens is 454 g/mol. The summed E-state index contributed by atoms with van der Waals surface area (Å²) < 4.78 is 16.5. The highest BCUT2D eigenvalue weighted by molar-refractivity contribution is 6.30. The summed E-state index contributed by atoms with van der Waals surface area (Å²) in [6.07, 6.45) is 0.213. The fraction of sp³-hybridized carbons (Fsp3) is 0.259. The number of nitrogens with zero attached hydrogens (tertiary/aromatic N) is 1. The van der Waals surface area contributed by atoms with Crippen LogP contribution >= 0.6 is 11.6 Å². The van der Waals surface area contributed by atoms with Gasteiger partial charge in [0, 0.05) is 10.7 Å². The predicted molar refractivity (Wildman–Crippen MR) is 131 cm³/mol. The fourth-order valence-corrected chi connectivity index (χ4v) is 4.36. The molecule has 0 N–H and O–H groups in total. The first-order valence-electron chi connectivity index (χ1n) is 11.1. The molecule has 1 aliphatic heterocycles. The van der Waals surface area contributed by atoms with Crippen molar-refractivity contribution in [3.63, 3.8) is 0 Å². The molecule has 0 bridgehead atoms. The van der Waals surface area contributed by atoms with Crippen molar-refractivity contribution in [1.29, 1.82) is 0 Å². The molecule has 1 aliphatic rings. The average Bonchev–Trinajstić information content (AvgIpc) is 2.84. The minimum absolute atomic E-state index is 0.0649. The number of rotatable bonds is 7. The standard InChI is InChI=1S/C27H26ClNO5/c1-4-33-23-14-19-15-25(30)29(21-12-8-18(9-13-21)27(31)32-3)26(17-6-10-20(28)11-7-17)22(19)16-24(23)34-5-2/h6-14,16,26H,4-5,15H2,1-3H3/t26-/m1/s1. The summed E-state index contributed by atoms with van der Waals surface area (Å²) in [5, 5.41) is 0.613. The number of carbonyl (C=O) groups excluding carboxylic acids is 2. The van der Waals surface area contributed by atoms with Crippen LogP contribution in [0.3, 0.4) is 0 Å². The maximum atomic E-state index is 13.5. The molecule has 34 heavy (non-hydrogen) atoms. The minimum atomic E-state index is -0.430. The number of fused-ring (bicyclic) bond motifs is 1. The third kappa shape index (κ3) is 4.59. The Labute approximate surface area is 204 Å². The zero-order valence-electron chi connectivity index (χ0n) is 19.3. The SMILES string of the molecule is CCOc1cc2c(cc1OCC)[C@@H](c1ccc(Cl)cc1)N(c1ccc(C(=O)OC)cc1)C(=O)C2. The Morgan fingerprint density at radius 1 is 0.971 bits per heavy atom. The van der Waals surface area contributed by atoms with Crippen LogP contribution in [0.15, 0.2) is 60.7 Å². The number of amides is 1. The predicted octanol–water partition coefficient (Wildman–Crippen LogP) is 5.60. The zero-order chi connectivity index (χ0) is 24.2. The molecule has 176 valence electrons. The van der Waals surface area contributed by atoms with Crippen LogP contribution < -0.4 is 14.4 Å². The lowest BCUT2D eigenvalue weighted by molar-refractivity contribution is -0.118. The van der Waals surface area contributed by atoms with E-state index in [4.69, 9.17) is 25.8 Å². The molecule has 0 aliphatic carbocycles. The van der Waals surface area contributed by atoms with Crippen LogP contribution in [-0.2, 0) is 16.0 Å². The van der Waals surface area contributed by atoms with Gasteiger partial charge in [0.05, 0.1) is 38.3 Å². The summed E-state index contributed by atoms with van der Waals surface area (Å²) >= 11 is 6.15. The van der Waals surface area contributed by atoms with E-state index in [1.807, 2.05) is 50.2 Å².